The summed E-state index contributed by atoms with van der Waals surface area (Å²) in [5, 5.41) is 3.45. The van der Waals surface area contributed by atoms with Gasteiger partial charge in [-0.2, -0.15) is 0 Å². The summed E-state index contributed by atoms with van der Waals surface area (Å²) in [6.07, 6.45) is 5.17. The van der Waals surface area contributed by atoms with E-state index in [-0.39, 0.29) is 0 Å². The second-order valence-electron chi connectivity index (χ2n) is 4.36. The van der Waals surface area contributed by atoms with Gasteiger partial charge in [0, 0.05) is 12.6 Å². The first-order valence-corrected chi connectivity index (χ1v) is 5.99. The number of nitrogens with one attached hydrogen (secondary N) is 1. The second-order valence-corrected chi connectivity index (χ2v) is 4.36. The summed E-state index contributed by atoms with van der Waals surface area (Å²) in [7, 11) is 0. The highest BCUT2D eigenvalue weighted by molar-refractivity contribution is 4.76. The van der Waals surface area contributed by atoms with Crippen LogP contribution in [0, 0.1) is 0 Å². The molecule has 0 aliphatic carbocycles. The van der Waals surface area contributed by atoms with Gasteiger partial charge in [0.05, 0.1) is 6.61 Å². The van der Waals surface area contributed by atoms with Crippen LogP contribution in [0.15, 0.2) is 0 Å². The van der Waals surface area contributed by atoms with Crippen molar-refractivity contribution in [2.24, 2.45) is 0 Å². The van der Waals surface area contributed by atoms with E-state index in [1.165, 1.54) is 51.9 Å². The minimum absolute atomic E-state index is 0.710. The fraction of sp³-hybridized carbons (Fsp3) is 1.00. The molecule has 0 amide bonds. The normalized spacial score (nSPS) is 32.1. The van der Waals surface area contributed by atoms with Crippen molar-refractivity contribution in [3.63, 3.8) is 0 Å². The zero-order valence-corrected chi connectivity index (χ0v) is 9.00. The molecule has 0 radical (unpaired) electrons. The first-order valence-electron chi connectivity index (χ1n) is 5.99. The average molecular weight is 198 g/mol. The van der Waals surface area contributed by atoms with Gasteiger partial charge in [0.25, 0.3) is 0 Å². The molecule has 0 bridgehead atoms. The number of hydrogen-bond donors (Lipinski definition) is 1. The smallest absolute Gasteiger partial charge is 0.0621 e. The van der Waals surface area contributed by atoms with Gasteiger partial charge in [-0.05, 0) is 51.9 Å². The van der Waals surface area contributed by atoms with Gasteiger partial charge >= 0.3 is 0 Å². The Kier molecular flexibility index (Phi) is 4.22. The van der Waals surface area contributed by atoms with Crippen LogP contribution in [0.2, 0.25) is 0 Å². The third-order valence-corrected chi connectivity index (χ3v) is 3.25. The second kappa shape index (κ2) is 5.69. The molecule has 1 unspecified atom stereocenters. The van der Waals surface area contributed by atoms with Gasteiger partial charge in [-0.1, -0.05) is 0 Å². The Morgan fingerprint density at radius 3 is 2.50 bits per heavy atom. The Morgan fingerprint density at radius 1 is 1.07 bits per heavy atom. The van der Waals surface area contributed by atoms with Crippen molar-refractivity contribution in [2.45, 2.75) is 31.7 Å². The molecule has 0 spiro atoms. The lowest BCUT2D eigenvalue weighted by Crippen LogP contribution is -2.44. The first kappa shape index (κ1) is 10.4. The number of ether oxygens (including phenoxy) is 1. The van der Waals surface area contributed by atoms with Crippen molar-refractivity contribution in [2.75, 3.05) is 39.4 Å². The summed E-state index contributed by atoms with van der Waals surface area (Å²) in [5.74, 6) is 0. The monoisotopic (exact) mass is 198 g/mol. The number of hydrogen-bond acceptors (Lipinski definition) is 3. The lowest BCUT2D eigenvalue weighted by molar-refractivity contribution is 0.0157. The van der Waals surface area contributed by atoms with Crippen molar-refractivity contribution in [1.29, 1.82) is 0 Å². The third-order valence-electron chi connectivity index (χ3n) is 3.25. The molecule has 2 aliphatic rings. The molecule has 2 fully saturated rings. The Balaban J connectivity index is 1.80. The van der Waals surface area contributed by atoms with E-state index in [1.807, 2.05) is 0 Å². The molecular weight excluding hydrogens is 176 g/mol. The molecule has 3 nitrogen and oxygen atoms in total. The van der Waals surface area contributed by atoms with E-state index in [4.69, 9.17) is 4.74 Å². The SMILES string of the molecule is C1COCC(N2CCCNCCC2)C1. The predicted octanol–water partition coefficient (Wildman–Crippen LogP) is 0.851. The van der Waals surface area contributed by atoms with E-state index in [9.17, 15) is 0 Å². The summed E-state index contributed by atoms with van der Waals surface area (Å²) in [5.41, 5.74) is 0. The molecular formula is C11H22N2O. The molecule has 0 saturated carbocycles. The lowest BCUT2D eigenvalue weighted by Gasteiger charge is -2.35. The lowest BCUT2D eigenvalue weighted by atomic mass is 10.1. The largest absolute Gasteiger partial charge is 0.380 e. The van der Waals surface area contributed by atoms with Crippen LogP contribution in [0.4, 0.5) is 0 Å². The summed E-state index contributed by atoms with van der Waals surface area (Å²) in [6.45, 7) is 6.82. The minimum atomic E-state index is 0.710. The third kappa shape index (κ3) is 2.94. The van der Waals surface area contributed by atoms with E-state index in [2.05, 4.69) is 10.2 Å². The van der Waals surface area contributed by atoms with Crippen LogP contribution in [0.1, 0.15) is 25.7 Å². The standard InChI is InChI=1S/C11H22N2O/c1-4-11(10-14-9-1)13-7-2-5-12-6-3-8-13/h11-12H,1-10H2. The topological polar surface area (TPSA) is 24.5 Å². The van der Waals surface area contributed by atoms with Crippen molar-refractivity contribution < 1.29 is 4.74 Å². The van der Waals surface area contributed by atoms with E-state index >= 15 is 0 Å². The van der Waals surface area contributed by atoms with Gasteiger partial charge in [-0.15, -0.1) is 0 Å². The fourth-order valence-electron chi connectivity index (χ4n) is 2.43. The zero-order chi connectivity index (χ0) is 9.64. The van der Waals surface area contributed by atoms with E-state index in [0.29, 0.717) is 6.04 Å². The zero-order valence-electron chi connectivity index (χ0n) is 9.00. The van der Waals surface area contributed by atoms with Crippen molar-refractivity contribution >= 4 is 0 Å². The molecule has 2 saturated heterocycles. The van der Waals surface area contributed by atoms with Gasteiger partial charge in [0.1, 0.15) is 0 Å². The predicted molar refractivity (Wildman–Crippen MR) is 57.5 cm³/mol. The van der Waals surface area contributed by atoms with Crippen LogP contribution >= 0.6 is 0 Å². The molecule has 2 rings (SSSR count). The first-order chi connectivity index (χ1) is 6.97. The van der Waals surface area contributed by atoms with Gasteiger partial charge < -0.3 is 10.1 Å². The van der Waals surface area contributed by atoms with E-state index in [0.717, 1.165) is 13.2 Å². The molecule has 0 aromatic heterocycles. The van der Waals surface area contributed by atoms with Gasteiger partial charge in [-0.3, -0.25) is 4.90 Å². The van der Waals surface area contributed by atoms with Crippen LogP contribution in [-0.2, 0) is 4.74 Å². The van der Waals surface area contributed by atoms with Gasteiger partial charge in [0.15, 0.2) is 0 Å². The fourth-order valence-corrected chi connectivity index (χ4v) is 2.43. The molecule has 1 N–H and O–H groups in total. The number of rotatable bonds is 1. The Morgan fingerprint density at radius 2 is 1.86 bits per heavy atom. The summed E-state index contributed by atoms with van der Waals surface area (Å²) in [4.78, 5) is 2.64. The molecule has 2 heterocycles. The molecule has 2 aliphatic heterocycles. The van der Waals surface area contributed by atoms with Crippen LogP contribution in [0.25, 0.3) is 0 Å². The summed E-state index contributed by atoms with van der Waals surface area (Å²) in [6, 6.07) is 0.710. The number of nitrogens with zero attached hydrogens (tertiary/aromatic N) is 1. The summed E-state index contributed by atoms with van der Waals surface area (Å²) >= 11 is 0. The van der Waals surface area contributed by atoms with Crippen LogP contribution < -0.4 is 5.32 Å². The van der Waals surface area contributed by atoms with Crippen molar-refractivity contribution in [1.82, 2.24) is 10.2 Å². The molecule has 14 heavy (non-hydrogen) atoms. The highest BCUT2D eigenvalue weighted by Gasteiger charge is 2.21. The van der Waals surface area contributed by atoms with Crippen molar-refractivity contribution in [3.05, 3.63) is 0 Å². The van der Waals surface area contributed by atoms with Gasteiger partial charge in [0.2, 0.25) is 0 Å². The Bertz CT molecular complexity index is 149. The quantitative estimate of drug-likeness (QED) is 0.676. The molecule has 82 valence electrons. The van der Waals surface area contributed by atoms with Crippen LogP contribution in [0.5, 0.6) is 0 Å². The highest BCUT2D eigenvalue weighted by atomic mass is 16.5. The van der Waals surface area contributed by atoms with E-state index in [1.54, 1.807) is 0 Å². The van der Waals surface area contributed by atoms with Gasteiger partial charge in [-0.25, -0.2) is 0 Å². The maximum absolute atomic E-state index is 5.55. The van der Waals surface area contributed by atoms with Crippen LogP contribution in [0.3, 0.4) is 0 Å². The maximum Gasteiger partial charge on any atom is 0.0621 e. The summed E-state index contributed by atoms with van der Waals surface area (Å²) < 4.78 is 5.55. The van der Waals surface area contributed by atoms with Crippen LogP contribution in [-0.4, -0.2) is 50.3 Å². The molecule has 1 atom stereocenters. The highest BCUT2D eigenvalue weighted by Crippen LogP contribution is 2.14. The van der Waals surface area contributed by atoms with E-state index < -0.39 is 0 Å². The molecule has 0 aromatic rings. The van der Waals surface area contributed by atoms with Crippen molar-refractivity contribution in [3.8, 4) is 0 Å². The average Bonchev–Trinajstić information content (AvgIpc) is 2.18. The molecule has 0 aromatic carbocycles. The Hall–Kier alpha value is -0.120. The molecule has 3 heteroatoms. The maximum atomic E-state index is 5.55. The minimum Gasteiger partial charge on any atom is -0.380 e. The Labute approximate surface area is 86.8 Å².